The zero-order valence-corrected chi connectivity index (χ0v) is 9.38. The van der Waals surface area contributed by atoms with E-state index in [9.17, 15) is 9.90 Å². The van der Waals surface area contributed by atoms with E-state index >= 15 is 0 Å². The maximum absolute atomic E-state index is 11.4. The van der Waals surface area contributed by atoms with Gasteiger partial charge in [0.1, 0.15) is 5.41 Å². The molecule has 2 unspecified atom stereocenters. The molecule has 1 fully saturated rings. The van der Waals surface area contributed by atoms with Crippen LogP contribution in [0.4, 0.5) is 0 Å². The van der Waals surface area contributed by atoms with E-state index in [0.29, 0.717) is 25.1 Å². The molecule has 2 atom stereocenters. The maximum Gasteiger partial charge on any atom is 0.312 e. The molecule has 1 aromatic heterocycles. The third kappa shape index (κ3) is 1.69. The second kappa shape index (κ2) is 3.86. The van der Waals surface area contributed by atoms with Gasteiger partial charge in [-0.2, -0.15) is 0 Å². The number of carboxylic acid groups (broad SMARTS) is 1. The number of aryl methyl sites for hydroxylation is 1. The van der Waals surface area contributed by atoms with Crippen LogP contribution in [-0.4, -0.2) is 38.8 Å². The summed E-state index contributed by atoms with van der Waals surface area (Å²) in [6.07, 6.45) is 2.36. The van der Waals surface area contributed by atoms with Gasteiger partial charge >= 0.3 is 5.97 Å². The second-order valence-electron chi connectivity index (χ2n) is 4.28. The van der Waals surface area contributed by atoms with Crippen molar-refractivity contribution in [1.82, 2.24) is 15.0 Å². The minimum atomic E-state index is -0.851. The van der Waals surface area contributed by atoms with Crippen LogP contribution in [0, 0.1) is 5.41 Å². The summed E-state index contributed by atoms with van der Waals surface area (Å²) in [6.45, 7) is 2.30. The topological polar surface area (TPSA) is 77.2 Å². The number of nitrogens with zero attached hydrogens (tertiary/aromatic N) is 3. The molecule has 0 spiro atoms. The average Bonchev–Trinajstić information content (AvgIpc) is 2.76. The van der Waals surface area contributed by atoms with Crippen LogP contribution in [0.5, 0.6) is 0 Å². The Labute approximate surface area is 93.2 Å². The van der Waals surface area contributed by atoms with Crippen molar-refractivity contribution in [1.29, 1.82) is 0 Å². The number of aliphatic carboxylic acids is 1. The first-order valence-corrected chi connectivity index (χ1v) is 5.25. The van der Waals surface area contributed by atoms with E-state index in [1.807, 2.05) is 0 Å². The molecule has 2 heterocycles. The molecule has 0 aliphatic carbocycles. The lowest BCUT2D eigenvalue weighted by Gasteiger charge is -2.26. The van der Waals surface area contributed by atoms with Gasteiger partial charge in [0, 0.05) is 26.3 Å². The lowest BCUT2D eigenvalue weighted by atomic mass is 9.78. The Balaban J connectivity index is 2.24. The second-order valence-corrected chi connectivity index (χ2v) is 4.28. The summed E-state index contributed by atoms with van der Waals surface area (Å²) in [5.74, 6) is -0.817. The van der Waals surface area contributed by atoms with Gasteiger partial charge in [-0.1, -0.05) is 5.21 Å². The number of rotatable bonds is 3. The fourth-order valence-electron chi connectivity index (χ4n) is 2.17. The van der Waals surface area contributed by atoms with Crippen molar-refractivity contribution in [2.45, 2.75) is 25.9 Å². The Morgan fingerprint density at radius 3 is 3.00 bits per heavy atom. The molecular weight excluding hydrogens is 210 g/mol. The monoisotopic (exact) mass is 225 g/mol. The van der Waals surface area contributed by atoms with Gasteiger partial charge in [0.15, 0.2) is 0 Å². The summed E-state index contributed by atoms with van der Waals surface area (Å²) in [5.41, 5.74) is -0.155. The van der Waals surface area contributed by atoms with E-state index in [0.717, 1.165) is 0 Å². The van der Waals surface area contributed by atoms with Gasteiger partial charge in [-0.3, -0.25) is 9.48 Å². The molecule has 2 rings (SSSR count). The average molecular weight is 225 g/mol. The molecule has 0 radical (unpaired) electrons. The largest absolute Gasteiger partial charge is 0.481 e. The van der Waals surface area contributed by atoms with E-state index in [2.05, 4.69) is 10.3 Å². The predicted molar refractivity (Wildman–Crippen MR) is 54.8 cm³/mol. The van der Waals surface area contributed by atoms with E-state index in [-0.39, 0.29) is 6.10 Å². The standard InChI is InChI=1S/C10H15N3O3/c1-7-10(9(14)15,3-4-16-7)5-8-6-13(2)12-11-8/h6-7H,3-5H2,1-2H3,(H,14,15). The molecule has 1 saturated heterocycles. The van der Waals surface area contributed by atoms with Crippen molar-refractivity contribution < 1.29 is 14.6 Å². The molecule has 1 aliphatic heterocycles. The van der Waals surface area contributed by atoms with E-state index < -0.39 is 11.4 Å². The van der Waals surface area contributed by atoms with Crippen LogP contribution in [-0.2, 0) is 23.0 Å². The molecule has 1 N–H and O–H groups in total. The lowest BCUT2D eigenvalue weighted by molar-refractivity contribution is -0.151. The van der Waals surface area contributed by atoms with Gasteiger partial charge < -0.3 is 9.84 Å². The minimum absolute atomic E-state index is 0.285. The van der Waals surface area contributed by atoms with Gasteiger partial charge in [-0.05, 0) is 13.3 Å². The van der Waals surface area contributed by atoms with E-state index in [1.54, 1.807) is 24.9 Å². The fraction of sp³-hybridized carbons (Fsp3) is 0.700. The Morgan fingerprint density at radius 2 is 2.56 bits per heavy atom. The van der Waals surface area contributed by atoms with Crippen molar-refractivity contribution in [3.8, 4) is 0 Å². The molecule has 1 aromatic rings. The van der Waals surface area contributed by atoms with Crippen molar-refractivity contribution in [2.75, 3.05) is 6.61 Å². The molecule has 6 heteroatoms. The van der Waals surface area contributed by atoms with Crippen LogP contribution in [0.1, 0.15) is 19.0 Å². The van der Waals surface area contributed by atoms with Gasteiger partial charge in [0.2, 0.25) is 0 Å². The maximum atomic E-state index is 11.4. The zero-order chi connectivity index (χ0) is 11.8. The van der Waals surface area contributed by atoms with Crippen molar-refractivity contribution in [2.24, 2.45) is 12.5 Å². The molecule has 0 amide bonds. The highest BCUT2D eigenvalue weighted by molar-refractivity contribution is 5.76. The van der Waals surface area contributed by atoms with Crippen molar-refractivity contribution >= 4 is 5.97 Å². The van der Waals surface area contributed by atoms with Crippen LogP contribution >= 0.6 is 0 Å². The Hall–Kier alpha value is -1.43. The van der Waals surface area contributed by atoms with Crippen molar-refractivity contribution in [3.63, 3.8) is 0 Å². The number of ether oxygens (including phenoxy) is 1. The Kier molecular flexibility index (Phi) is 2.67. The highest BCUT2D eigenvalue weighted by Crippen LogP contribution is 2.38. The van der Waals surface area contributed by atoms with Crippen LogP contribution in [0.3, 0.4) is 0 Å². The van der Waals surface area contributed by atoms with Gasteiger partial charge in [-0.25, -0.2) is 0 Å². The third-order valence-electron chi connectivity index (χ3n) is 3.27. The fourth-order valence-corrected chi connectivity index (χ4v) is 2.17. The number of carbonyl (C=O) groups is 1. The van der Waals surface area contributed by atoms with Gasteiger partial charge in [0.25, 0.3) is 0 Å². The summed E-state index contributed by atoms with van der Waals surface area (Å²) in [6, 6.07) is 0. The first-order valence-electron chi connectivity index (χ1n) is 5.25. The number of aromatic nitrogens is 3. The van der Waals surface area contributed by atoms with Crippen molar-refractivity contribution in [3.05, 3.63) is 11.9 Å². The van der Waals surface area contributed by atoms with Gasteiger partial charge in [0.05, 0.1) is 11.8 Å². The molecular formula is C10H15N3O3. The highest BCUT2D eigenvalue weighted by Gasteiger charge is 2.48. The predicted octanol–water partition coefficient (Wildman–Crippen LogP) is 0.237. The molecule has 0 saturated carbocycles. The van der Waals surface area contributed by atoms with Crippen LogP contribution in [0.2, 0.25) is 0 Å². The lowest BCUT2D eigenvalue weighted by Crippen LogP contribution is -2.39. The molecule has 6 nitrogen and oxygen atoms in total. The number of hydrogen-bond acceptors (Lipinski definition) is 4. The molecule has 0 bridgehead atoms. The SMILES string of the molecule is CC1OCCC1(Cc1cn(C)nn1)C(=O)O. The molecule has 0 aromatic carbocycles. The summed E-state index contributed by atoms with van der Waals surface area (Å²) in [4.78, 5) is 11.4. The number of hydrogen-bond donors (Lipinski definition) is 1. The summed E-state index contributed by atoms with van der Waals surface area (Å²) < 4.78 is 6.95. The van der Waals surface area contributed by atoms with Crippen LogP contribution in [0.15, 0.2) is 6.20 Å². The smallest absolute Gasteiger partial charge is 0.312 e. The van der Waals surface area contributed by atoms with Crippen LogP contribution in [0.25, 0.3) is 0 Å². The summed E-state index contributed by atoms with van der Waals surface area (Å²) in [5, 5.41) is 17.1. The molecule has 16 heavy (non-hydrogen) atoms. The van der Waals surface area contributed by atoms with Gasteiger partial charge in [-0.15, -0.1) is 5.10 Å². The normalized spacial score (nSPS) is 29.5. The Morgan fingerprint density at radius 1 is 1.81 bits per heavy atom. The van der Waals surface area contributed by atoms with E-state index in [1.165, 1.54) is 0 Å². The molecule has 1 aliphatic rings. The third-order valence-corrected chi connectivity index (χ3v) is 3.27. The molecule has 88 valence electrons. The Bertz CT molecular complexity index is 404. The van der Waals surface area contributed by atoms with Crippen LogP contribution < -0.4 is 0 Å². The quantitative estimate of drug-likeness (QED) is 0.797. The summed E-state index contributed by atoms with van der Waals surface area (Å²) in [7, 11) is 1.76. The highest BCUT2D eigenvalue weighted by atomic mass is 16.5. The first kappa shape index (κ1) is 11.1. The summed E-state index contributed by atoms with van der Waals surface area (Å²) >= 11 is 0. The minimum Gasteiger partial charge on any atom is -0.481 e. The zero-order valence-electron chi connectivity index (χ0n) is 9.38. The number of carboxylic acids is 1. The first-order chi connectivity index (χ1) is 7.54. The van der Waals surface area contributed by atoms with E-state index in [4.69, 9.17) is 4.74 Å².